The van der Waals surface area contributed by atoms with Gasteiger partial charge in [0.2, 0.25) is 17.7 Å². The first-order chi connectivity index (χ1) is 26.0. The number of aromatic nitrogens is 5. The first-order valence-electron chi connectivity index (χ1n) is 17.9. The normalized spacial score (nSPS) is 12.8. The van der Waals surface area contributed by atoms with Crippen molar-refractivity contribution in [3.8, 4) is 17.3 Å². The third-order valence-electron chi connectivity index (χ3n) is 9.27. The Labute approximate surface area is 306 Å². The molecule has 0 atom stereocenters. The van der Waals surface area contributed by atoms with Crippen LogP contribution < -0.4 is 20.7 Å². The Kier molecular flexibility index (Phi) is 9.39. The Morgan fingerprint density at radius 3 is 2.72 bits per heavy atom. The minimum absolute atomic E-state index is 0.181. The number of unbranched alkanes of at least 4 members (excludes halogenated alkanes) is 1. The van der Waals surface area contributed by atoms with Gasteiger partial charge in [-0.1, -0.05) is 49.7 Å². The van der Waals surface area contributed by atoms with E-state index in [0.29, 0.717) is 42.0 Å². The summed E-state index contributed by atoms with van der Waals surface area (Å²) in [6.07, 6.45) is 7.84. The van der Waals surface area contributed by atoms with E-state index in [9.17, 15) is 9.59 Å². The van der Waals surface area contributed by atoms with Gasteiger partial charge in [0.25, 0.3) is 0 Å². The molecule has 1 aliphatic rings. The summed E-state index contributed by atoms with van der Waals surface area (Å²) in [5, 5.41) is 16.9. The second-order valence-corrected chi connectivity index (χ2v) is 13.1. The lowest BCUT2D eigenvalue weighted by Gasteiger charge is -2.17. The van der Waals surface area contributed by atoms with E-state index >= 15 is 0 Å². The zero-order valence-corrected chi connectivity index (χ0v) is 29.3. The van der Waals surface area contributed by atoms with E-state index < -0.39 is 6.03 Å². The van der Waals surface area contributed by atoms with Crippen LogP contribution in [0, 0.1) is 0 Å². The number of nitrogens with one attached hydrogen (secondary N) is 4. The number of H-pyrrole nitrogens is 1. The predicted octanol–water partition coefficient (Wildman–Crippen LogP) is 8.94. The molecule has 1 saturated heterocycles. The van der Waals surface area contributed by atoms with E-state index in [1.165, 1.54) is 0 Å². The van der Waals surface area contributed by atoms with E-state index in [0.717, 1.165) is 76.5 Å². The summed E-state index contributed by atoms with van der Waals surface area (Å²) in [6, 6.07) is 30.5. The van der Waals surface area contributed by atoms with E-state index in [1.54, 1.807) is 16.9 Å². The van der Waals surface area contributed by atoms with Crippen molar-refractivity contribution in [2.75, 3.05) is 22.5 Å². The molecule has 12 heteroatoms. The zero-order chi connectivity index (χ0) is 36.1. The highest BCUT2D eigenvalue weighted by Crippen LogP contribution is 2.34. The number of amides is 3. The quantitative estimate of drug-likeness (QED) is 0.0994. The molecule has 0 spiro atoms. The Bertz CT molecular complexity index is 2440. The van der Waals surface area contributed by atoms with Crippen LogP contribution in [0.1, 0.15) is 43.9 Å². The van der Waals surface area contributed by atoms with Gasteiger partial charge in [-0.25, -0.2) is 14.5 Å². The number of fused-ring (bicyclic) bond motifs is 2. The maximum absolute atomic E-state index is 13.6. The number of likely N-dealkylation sites (tertiary alicyclic amines) is 1. The number of hydrogen-bond donors (Lipinski definition) is 4. The van der Waals surface area contributed by atoms with Crippen LogP contribution in [-0.2, 0) is 17.8 Å². The first-order valence-corrected chi connectivity index (χ1v) is 17.9. The monoisotopic (exact) mass is 705 g/mol. The van der Waals surface area contributed by atoms with Crippen LogP contribution in [0.25, 0.3) is 27.4 Å². The molecule has 0 radical (unpaired) electrons. The van der Waals surface area contributed by atoms with Gasteiger partial charge >= 0.3 is 6.03 Å². The Balaban J connectivity index is 1.00. The van der Waals surface area contributed by atoms with Gasteiger partial charge < -0.3 is 25.3 Å². The lowest BCUT2D eigenvalue weighted by molar-refractivity contribution is -0.128. The zero-order valence-electron chi connectivity index (χ0n) is 29.3. The van der Waals surface area contributed by atoms with Gasteiger partial charge in [0, 0.05) is 71.4 Å². The van der Waals surface area contributed by atoms with Crippen LogP contribution in [0.15, 0.2) is 109 Å². The predicted molar refractivity (Wildman–Crippen MR) is 207 cm³/mol. The second kappa shape index (κ2) is 14.9. The topological polar surface area (TPSA) is 142 Å². The van der Waals surface area contributed by atoms with Crippen molar-refractivity contribution in [1.82, 2.24) is 29.6 Å². The molecule has 8 rings (SSSR count). The van der Waals surface area contributed by atoms with Crippen molar-refractivity contribution in [2.45, 2.75) is 45.6 Å². The van der Waals surface area contributed by atoms with E-state index in [2.05, 4.69) is 37.8 Å². The van der Waals surface area contributed by atoms with Gasteiger partial charge in [-0.3, -0.25) is 10.1 Å². The molecule has 12 nitrogen and oxygen atoms in total. The summed E-state index contributed by atoms with van der Waals surface area (Å²) >= 11 is 0. The molecule has 7 aromatic rings. The number of rotatable bonds is 12. The van der Waals surface area contributed by atoms with Crippen molar-refractivity contribution < 1.29 is 14.3 Å². The summed E-state index contributed by atoms with van der Waals surface area (Å²) in [5.74, 6) is 2.09. The molecule has 266 valence electrons. The molecule has 1 fully saturated rings. The molecule has 0 bridgehead atoms. The summed E-state index contributed by atoms with van der Waals surface area (Å²) in [6.45, 7) is 3.46. The lowest BCUT2D eigenvalue weighted by Crippen LogP contribution is -2.24. The number of carbonyl (C=O) groups is 2. The van der Waals surface area contributed by atoms with Crippen LogP contribution in [0.3, 0.4) is 0 Å². The average molecular weight is 706 g/mol. The largest absolute Gasteiger partial charge is 0.438 e. The molecule has 3 amide bonds. The van der Waals surface area contributed by atoms with Gasteiger partial charge in [0.05, 0.1) is 17.1 Å². The summed E-state index contributed by atoms with van der Waals surface area (Å²) in [7, 11) is 0. The molecule has 1 aliphatic heterocycles. The summed E-state index contributed by atoms with van der Waals surface area (Å²) < 4.78 is 8.04. The fraction of sp³-hybridized carbons (Fsp3) is 0.195. The first kappa shape index (κ1) is 33.5. The molecule has 53 heavy (non-hydrogen) atoms. The Morgan fingerprint density at radius 2 is 1.85 bits per heavy atom. The van der Waals surface area contributed by atoms with E-state index in [4.69, 9.17) is 9.84 Å². The molecular weight excluding hydrogens is 667 g/mol. The van der Waals surface area contributed by atoms with Crippen LogP contribution in [0.5, 0.6) is 11.6 Å². The van der Waals surface area contributed by atoms with Gasteiger partial charge in [0.1, 0.15) is 11.6 Å². The van der Waals surface area contributed by atoms with E-state index in [1.807, 2.05) is 102 Å². The number of ether oxygens (including phenoxy) is 1. The van der Waals surface area contributed by atoms with Crippen LogP contribution >= 0.6 is 0 Å². The fourth-order valence-electron chi connectivity index (χ4n) is 6.65. The van der Waals surface area contributed by atoms with Gasteiger partial charge in [-0.15, -0.1) is 0 Å². The third kappa shape index (κ3) is 7.52. The number of urea groups is 1. The fourth-order valence-corrected chi connectivity index (χ4v) is 6.65. The maximum Gasteiger partial charge on any atom is 0.324 e. The van der Waals surface area contributed by atoms with Crippen LogP contribution in [0.2, 0.25) is 0 Å². The molecule has 4 aromatic carbocycles. The number of aromatic amines is 1. The summed E-state index contributed by atoms with van der Waals surface area (Å²) in [4.78, 5) is 39.9. The molecule has 4 N–H and O–H groups in total. The number of benzene rings is 4. The van der Waals surface area contributed by atoms with Crippen molar-refractivity contribution >= 4 is 56.8 Å². The van der Waals surface area contributed by atoms with E-state index in [-0.39, 0.29) is 5.91 Å². The SMILES string of the molecule is CCCCc1cc(NC(=O)Nc2ccc(Oc3ccnc(Nc4ccc5[nH]ccc5c4)n3)c3ccccc23)n(-c2cccc(CN3CCCC3=O)c2)n1. The highest BCUT2D eigenvalue weighted by atomic mass is 16.5. The van der Waals surface area contributed by atoms with Gasteiger partial charge in [0.15, 0.2) is 0 Å². The van der Waals surface area contributed by atoms with Crippen molar-refractivity contribution in [3.05, 3.63) is 121 Å². The van der Waals surface area contributed by atoms with Crippen molar-refractivity contribution in [1.29, 1.82) is 0 Å². The second-order valence-electron chi connectivity index (χ2n) is 13.1. The van der Waals surface area contributed by atoms with Crippen molar-refractivity contribution in [3.63, 3.8) is 0 Å². The van der Waals surface area contributed by atoms with Gasteiger partial charge in [-0.05, 0) is 73.4 Å². The van der Waals surface area contributed by atoms with Crippen LogP contribution in [-0.4, -0.2) is 48.1 Å². The molecule has 4 heterocycles. The molecule has 0 saturated carbocycles. The molecule has 0 unspecified atom stereocenters. The minimum atomic E-state index is -0.407. The molecule has 0 aliphatic carbocycles. The molecular formula is C41H39N9O3. The number of hydrogen-bond acceptors (Lipinski definition) is 7. The van der Waals surface area contributed by atoms with Crippen molar-refractivity contribution in [2.24, 2.45) is 0 Å². The summed E-state index contributed by atoms with van der Waals surface area (Å²) in [5.41, 5.74) is 5.23. The number of carbonyl (C=O) groups excluding carboxylic acids is 2. The standard InChI is InChI=1S/C41H39N9O3/c1-2-3-9-30-25-37(50(48-30)31-10-6-8-27(23-31)26-49-22-7-13-39(49)51)46-41(52)45-35-16-17-36(33-12-5-4-11-32(33)35)53-38-19-21-43-40(47-38)44-29-14-15-34-28(24-29)18-20-42-34/h4-6,8,10-12,14-21,23-25,42H,2-3,7,9,13,22,26H2,1H3,(H,43,44,47)(H2,45,46,52). The lowest BCUT2D eigenvalue weighted by atomic mass is 10.1. The average Bonchev–Trinajstić information content (AvgIpc) is 3.92. The number of aryl methyl sites for hydroxylation is 1. The highest BCUT2D eigenvalue weighted by Gasteiger charge is 2.21. The van der Waals surface area contributed by atoms with Crippen LogP contribution in [0.4, 0.5) is 27.9 Å². The Morgan fingerprint density at radius 1 is 0.943 bits per heavy atom. The third-order valence-corrected chi connectivity index (χ3v) is 9.27. The Hall–Kier alpha value is -6.69. The molecule has 3 aromatic heterocycles. The number of anilines is 4. The smallest absolute Gasteiger partial charge is 0.324 e. The highest BCUT2D eigenvalue weighted by molar-refractivity contribution is 6.07. The number of nitrogens with zero attached hydrogens (tertiary/aromatic N) is 5. The minimum Gasteiger partial charge on any atom is -0.438 e. The van der Waals surface area contributed by atoms with Gasteiger partial charge in [-0.2, -0.15) is 10.1 Å². The maximum atomic E-state index is 13.6.